The number of nitrogens with two attached hydrogens (primary N) is 1. The summed E-state index contributed by atoms with van der Waals surface area (Å²) >= 11 is 0. The Balaban J connectivity index is 1.58. The number of ether oxygens (including phenoxy) is 1. The number of carboxylic acid groups (broad SMARTS) is 1. The number of nitrogens with zero attached hydrogens (tertiary/aromatic N) is 2. The maximum atomic E-state index is 14.9. The molecule has 0 aromatic heterocycles. The molecule has 3 heterocycles. The van der Waals surface area contributed by atoms with Gasteiger partial charge in [-0.15, -0.1) is 0 Å². The monoisotopic (exact) mass is 1320 g/mol. The van der Waals surface area contributed by atoms with Crippen LogP contribution in [0.2, 0.25) is 0 Å². The zero-order valence-electron chi connectivity index (χ0n) is 54.9. The molecule has 0 aliphatic carbocycles. The van der Waals surface area contributed by atoms with Crippen molar-refractivity contribution in [3.8, 4) is 0 Å². The van der Waals surface area contributed by atoms with E-state index in [2.05, 4.69) is 56.4 Å². The second-order valence-electron chi connectivity index (χ2n) is 25.9. The second kappa shape index (κ2) is 38.3. The predicted octanol–water partition coefficient (Wildman–Crippen LogP) is -0.485. The summed E-state index contributed by atoms with van der Waals surface area (Å²) in [6.45, 7) is 8.58. The standard InChI is InChI=1S/C66H99N11O17/c1-38(2)19-10-7-15-24-44-33-54(81)68-49(34-55(82)83)60(87)72-48(31-42-22-13-9-14-23-42)59(86)73-51(37-79)62(89)75-56(40(5)6)65(92)77-35-43(80)32-53(77)63(90)74-50(36-78)61(88)70-46(29-39(3)4)57(84)71-47(30-41-20-11-8-12-21-41)58(85)69-45(25-16-17-27-67)64(91)76-28-18-26-52(76)66(93)94-44/h8-9,11-14,20-23,38-40,43-53,56,78-80H,7,10,15-19,24-37,67H2,1-6H3,(H,68,81)(H,69,85)(H,70,88)(H,71,84)(H,72,87)(H,73,86)(H,74,90)(H,75,89)(H,82,83)/t43-,44-,45+,46-,47+,48-,49?,50+,51?,52+,53+,56-/m1/s1. The highest BCUT2D eigenvalue weighted by Crippen LogP contribution is 2.25. The Bertz CT molecular complexity index is 2880. The number of nitrogens with one attached hydrogen (secondary N) is 8. The second-order valence-corrected chi connectivity index (χ2v) is 25.9. The number of aliphatic hydroxyl groups is 3. The van der Waals surface area contributed by atoms with Gasteiger partial charge in [0.2, 0.25) is 59.1 Å². The van der Waals surface area contributed by atoms with Gasteiger partial charge in [-0.1, -0.05) is 121 Å². The van der Waals surface area contributed by atoms with E-state index in [9.17, 15) is 78.0 Å². The van der Waals surface area contributed by atoms with Crippen LogP contribution < -0.4 is 48.3 Å². The number of carbonyl (C=O) groups is 12. The average molecular weight is 1320 g/mol. The quantitative estimate of drug-likeness (QED) is 0.0554. The minimum absolute atomic E-state index is 0.0179. The lowest BCUT2D eigenvalue weighted by Gasteiger charge is -2.32. The van der Waals surface area contributed by atoms with Crippen molar-refractivity contribution in [3.05, 3.63) is 71.8 Å². The number of aliphatic carboxylic acids is 1. The molecule has 0 saturated carbocycles. The van der Waals surface area contributed by atoms with Gasteiger partial charge in [-0.3, -0.25) is 52.7 Å². The fourth-order valence-electron chi connectivity index (χ4n) is 11.7. The van der Waals surface area contributed by atoms with E-state index < -0.39 is 182 Å². The topological polar surface area (TPSA) is 424 Å². The van der Waals surface area contributed by atoms with Gasteiger partial charge in [-0.05, 0) is 86.8 Å². The Kier molecular flexibility index (Phi) is 31.2. The highest BCUT2D eigenvalue weighted by atomic mass is 16.5. The molecule has 3 saturated heterocycles. The molecule has 0 spiro atoms. The highest BCUT2D eigenvalue weighted by molar-refractivity contribution is 6.00. The molecule has 520 valence electrons. The number of rotatable bonds is 21. The van der Waals surface area contributed by atoms with Crippen molar-refractivity contribution in [1.82, 2.24) is 52.3 Å². The molecule has 2 aromatic carbocycles. The number of cyclic esters (lactones) is 1. The first-order chi connectivity index (χ1) is 44.7. The zero-order valence-corrected chi connectivity index (χ0v) is 54.9. The third kappa shape index (κ3) is 24.0. The van der Waals surface area contributed by atoms with E-state index in [1.807, 2.05) is 0 Å². The molecule has 28 heteroatoms. The van der Waals surface area contributed by atoms with Crippen LogP contribution in [-0.4, -0.2) is 207 Å². The summed E-state index contributed by atoms with van der Waals surface area (Å²) in [5, 5.41) is 62.7. The minimum atomic E-state index is -1.84. The Morgan fingerprint density at radius 3 is 1.62 bits per heavy atom. The van der Waals surface area contributed by atoms with E-state index in [1.54, 1.807) is 88.4 Å². The van der Waals surface area contributed by atoms with Crippen LogP contribution in [0.3, 0.4) is 0 Å². The number of benzene rings is 2. The van der Waals surface area contributed by atoms with Gasteiger partial charge in [0.15, 0.2) is 0 Å². The summed E-state index contributed by atoms with van der Waals surface area (Å²) < 4.78 is 6.10. The normalized spacial score (nSPS) is 26.6. The number of unbranched alkanes of at least 4 members (excludes halogenated alkanes) is 3. The third-order valence-corrected chi connectivity index (χ3v) is 16.8. The molecule has 3 fully saturated rings. The van der Waals surface area contributed by atoms with Crippen LogP contribution in [0.1, 0.15) is 143 Å². The predicted molar refractivity (Wildman–Crippen MR) is 343 cm³/mol. The third-order valence-electron chi connectivity index (χ3n) is 16.8. The fraction of sp³-hybridized carbons (Fsp3) is 0.636. The van der Waals surface area contributed by atoms with Gasteiger partial charge >= 0.3 is 11.9 Å². The molecule has 12 atom stereocenters. The van der Waals surface area contributed by atoms with Crippen molar-refractivity contribution < 1.29 is 82.7 Å². The lowest BCUT2D eigenvalue weighted by Crippen LogP contribution is -2.62. The molecule has 3 aliphatic rings. The number of aliphatic hydroxyl groups excluding tert-OH is 3. The van der Waals surface area contributed by atoms with Gasteiger partial charge < -0.3 is 83.2 Å². The van der Waals surface area contributed by atoms with E-state index in [1.165, 1.54) is 4.90 Å². The first-order valence-corrected chi connectivity index (χ1v) is 32.9. The molecule has 0 radical (unpaired) electrons. The Morgan fingerprint density at radius 2 is 1.07 bits per heavy atom. The average Bonchev–Trinajstić information content (AvgIpc) is 1.69. The molecule has 3 aliphatic heterocycles. The number of amides is 10. The van der Waals surface area contributed by atoms with Gasteiger partial charge in [-0.2, -0.15) is 0 Å². The largest absolute Gasteiger partial charge is 0.481 e. The summed E-state index contributed by atoms with van der Waals surface area (Å²) in [5.41, 5.74) is 6.96. The van der Waals surface area contributed by atoms with E-state index in [0.717, 1.165) is 17.7 Å². The van der Waals surface area contributed by atoms with Gasteiger partial charge in [0.1, 0.15) is 66.5 Å². The molecule has 94 heavy (non-hydrogen) atoms. The number of carbonyl (C=O) groups excluding carboxylic acids is 11. The van der Waals surface area contributed by atoms with Crippen molar-refractivity contribution in [2.75, 3.05) is 32.8 Å². The van der Waals surface area contributed by atoms with E-state index in [4.69, 9.17) is 10.5 Å². The molecule has 28 nitrogen and oxygen atoms in total. The van der Waals surface area contributed by atoms with Crippen molar-refractivity contribution in [2.45, 2.75) is 217 Å². The smallest absolute Gasteiger partial charge is 0.329 e. The molecule has 2 aromatic rings. The summed E-state index contributed by atoms with van der Waals surface area (Å²) in [5.74, 6) is -12.5. The number of hydrogen-bond donors (Lipinski definition) is 13. The lowest BCUT2D eigenvalue weighted by atomic mass is 10.00. The van der Waals surface area contributed by atoms with Crippen molar-refractivity contribution >= 4 is 71.0 Å². The molecule has 14 N–H and O–H groups in total. The summed E-state index contributed by atoms with van der Waals surface area (Å²) in [4.78, 5) is 173. The van der Waals surface area contributed by atoms with Crippen LogP contribution >= 0.6 is 0 Å². The van der Waals surface area contributed by atoms with Crippen LogP contribution in [-0.2, 0) is 75.1 Å². The maximum Gasteiger partial charge on any atom is 0.329 e. The Labute approximate surface area is 549 Å². The van der Waals surface area contributed by atoms with Crippen LogP contribution in [0.15, 0.2) is 60.7 Å². The molecule has 5 rings (SSSR count). The summed E-state index contributed by atoms with van der Waals surface area (Å²) in [7, 11) is 0. The molecular formula is C66H99N11O17. The summed E-state index contributed by atoms with van der Waals surface area (Å²) in [6, 6.07) is 1.62. The van der Waals surface area contributed by atoms with Crippen LogP contribution in [0, 0.1) is 17.8 Å². The van der Waals surface area contributed by atoms with Crippen LogP contribution in [0.5, 0.6) is 0 Å². The molecule has 0 bridgehead atoms. The minimum Gasteiger partial charge on any atom is -0.481 e. The maximum absolute atomic E-state index is 14.9. The van der Waals surface area contributed by atoms with Gasteiger partial charge in [0, 0.05) is 32.4 Å². The number of hydrogen-bond acceptors (Lipinski definition) is 17. The van der Waals surface area contributed by atoms with Crippen molar-refractivity contribution in [3.63, 3.8) is 0 Å². The summed E-state index contributed by atoms with van der Waals surface area (Å²) in [6.07, 6.45) is -0.408. The number of fused-ring (bicyclic) bond motifs is 2. The zero-order chi connectivity index (χ0) is 69.2. The molecule has 10 amide bonds. The Hall–Kier alpha value is -8.08. The molecular weight excluding hydrogens is 1220 g/mol. The fourth-order valence-corrected chi connectivity index (χ4v) is 11.7. The van der Waals surface area contributed by atoms with Gasteiger partial charge in [0.25, 0.3) is 0 Å². The molecule has 2 unspecified atom stereocenters. The van der Waals surface area contributed by atoms with Gasteiger partial charge in [-0.25, -0.2) is 4.79 Å². The first-order valence-electron chi connectivity index (χ1n) is 32.9. The lowest BCUT2D eigenvalue weighted by molar-refractivity contribution is -0.160. The first kappa shape index (κ1) is 76.6. The van der Waals surface area contributed by atoms with E-state index in [0.29, 0.717) is 49.1 Å². The number of esters is 1. The SMILES string of the molecule is CC(C)CCCCC[C@@H]1CC(=O)NC(CC(=O)O)C(=O)N[C@H](Cc2ccccc2)C(=O)NC(CO)C(=O)N[C@H](C(C)C)C(=O)N2C[C@H](O)C[C@H]2C(=O)N[C@@H](CO)C(=O)N[C@H](CC(C)C)C(=O)N[C@@H](Cc2ccccc2)C(=O)N[C@@H](CCCCN)C(=O)N2CCC[C@H]2C(=O)O1. The van der Waals surface area contributed by atoms with Crippen molar-refractivity contribution in [1.29, 1.82) is 0 Å². The van der Waals surface area contributed by atoms with Crippen LogP contribution in [0.25, 0.3) is 0 Å². The van der Waals surface area contributed by atoms with Gasteiger partial charge in [0.05, 0.1) is 32.2 Å². The highest BCUT2D eigenvalue weighted by Gasteiger charge is 2.45. The van der Waals surface area contributed by atoms with Crippen molar-refractivity contribution in [2.24, 2.45) is 23.5 Å². The Morgan fingerprint density at radius 1 is 0.564 bits per heavy atom. The van der Waals surface area contributed by atoms with E-state index >= 15 is 0 Å². The number of carboxylic acids is 1. The van der Waals surface area contributed by atoms with E-state index in [-0.39, 0.29) is 64.0 Å². The van der Waals surface area contributed by atoms with Crippen LogP contribution in [0.4, 0.5) is 0 Å².